The number of hydrogen-bond acceptors (Lipinski definition) is 4. The minimum atomic E-state index is -4.63. The molecule has 0 atom stereocenters. The molecule has 1 amide bonds. The number of amides is 1. The molecule has 0 bridgehead atoms. The Morgan fingerprint density at radius 1 is 1.03 bits per heavy atom. The smallest absolute Gasteiger partial charge is 0.416 e. The van der Waals surface area contributed by atoms with E-state index < -0.39 is 35.4 Å². The number of rotatable bonds is 7. The minimum Gasteiger partial charge on any atom is -0.488 e. The lowest BCUT2D eigenvalue weighted by Gasteiger charge is -2.13. The van der Waals surface area contributed by atoms with E-state index in [1.54, 1.807) is 13.0 Å². The van der Waals surface area contributed by atoms with Gasteiger partial charge in [0.05, 0.1) is 24.8 Å². The van der Waals surface area contributed by atoms with Crippen molar-refractivity contribution in [2.75, 3.05) is 11.9 Å². The van der Waals surface area contributed by atoms with Gasteiger partial charge in [0.15, 0.2) is 5.75 Å². The average molecular weight is 500 g/mol. The molecular weight excluding hydrogens is 480 g/mol. The van der Waals surface area contributed by atoms with Gasteiger partial charge in [-0.25, -0.2) is 4.39 Å². The lowest BCUT2D eigenvalue weighted by atomic mass is 10.0. The van der Waals surface area contributed by atoms with Gasteiger partial charge < -0.3 is 15.0 Å². The predicted octanol–water partition coefficient (Wildman–Crippen LogP) is 5.17. The van der Waals surface area contributed by atoms with Gasteiger partial charge >= 0.3 is 6.18 Å². The summed E-state index contributed by atoms with van der Waals surface area (Å²) in [5, 5.41) is 8.68. The molecule has 0 spiro atoms. The Balaban J connectivity index is 1.54. The van der Waals surface area contributed by atoms with Gasteiger partial charge in [-0.15, -0.1) is 0 Å². The van der Waals surface area contributed by atoms with Gasteiger partial charge in [0.2, 0.25) is 5.91 Å². The molecule has 0 saturated carbocycles. The molecule has 0 aliphatic rings. The van der Waals surface area contributed by atoms with Gasteiger partial charge in [0.25, 0.3) is 5.56 Å². The first-order chi connectivity index (χ1) is 17.1. The highest BCUT2D eigenvalue weighted by molar-refractivity contribution is 5.93. The fourth-order valence-corrected chi connectivity index (χ4v) is 3.58. The number of carbonyl (C=O) groups is 1. The Kier molecular flexibility index (Phi) is 6.91. The van der Waals surface area contributed by atoms with E-state index in [1.807, 2.05) is 0 Å². The number of halogens is 4. The topological polar surface area (TPSA) is 99.9 Å². The Morgan fingerprint density at radius 2 is 1.83 bits per heavy atom. The molecule has 0 aliphatic carbocycles. The van der Waals surface area contributed by atoms with E-state index in [0.29, 0.717) is 16.7 Å². The first-order valence-electron chi connectivity index (χ1n) is 10.8. The molecule has 2 heterocycles. The molecule has 4 rings (SSSR count). The van der Waals surface area contributed by atoms with Crippen LogP contribution in [0, 0.1) is 5.82 Å². The van der Waals surface area contributed by atoms with Crippen LogP contribution in [0.4, 0.5) is 23.2 Å². The second-order valence-electron chi connectivity index (χ2n) is 7.83. The number of nitrogens with zero attached hydrogens (tertiary/aromatic N) is 1. The minimum absolute atomic E-state index is 0.0488. The third-order valence-corrected chi connectivity index (χ3v) is 5.28. The zero-order chi connectivity index (χ0) is 25.9. The number of hydrogen-bond donors (Lipinski definition) is 3. The number of H-pyrrole nitrogens is 2. The molecule has 0 saturated heterocycles. The lowest BCUT2D eigenvalue weighted by molar-refractivity contribution is -0.137. The van der Waals surface area contributed by atoms with E-state index >= 15 is 0 Å². The van der Waals surface area contributed by atoms with E-state index in [0.717, 1.165) is 12.1 Å². The number of nitrogens with one attached hydrogen (secondary N) is 3. The predicted molar refractivity (Wildman–Crippen MR) is 125 cm³/mol. The standard InChI is InChI=1S/C25H20F4N4O3/c1-2-36-22-8-17(11-30-24(22)35)14-3-4-15(21(26)7-14)9-23(34)33-20-6-16(18-12-31-32-13-18)5-19(10-20)25(27,28)29/h3-8,10-13H,2,9H2,1H3,(H,30,35)(H,31,32)(H,33,34). The summed E-state index contributed by atoms with van der Waals surface area (Å²) in [6, 6.07) is 8.79. The molecule has 0 radical (unpaired) electrons. The highest BCUT2D eigenvalue weighted by Crippen LogP contribution is 2.35. The quantitative estimate of drug-likeness (QED) is 0.305. The van der Waals surface area contributed by atoms with Crippen molar-refractivity contribution in [1.29, 1.82) is 0 Å². The van der Waals surface area contributed by atoms with Crippen LogP contribution in [0.5, 0.6) is 5.75 Å². The van der Waals surface area contributed by atoms with Crippen molar-refractivity contribution in [3.63, 3.8) is 0 Å². The van der Waals surface area contributed by atoms with Crippen molar-refractivity contribution < 1.29 is 27.1 Å². The zero-order valence-corrected chi connectivity index (χ0v) is 18.9. The first-order valence-corrected chi connectivity index (χ1v) is 10.8. The van der Waals surface area contributed by atoms with Crippen molar-refractivity contribution in [2.24, 2.45) is 0 Å². The SMILES string of the molecule is CCOc1cc(-c2ccc(CC(=O)Nc3cc(-c4cn[nH]c4)cc(C(F)(F)F)c3)c(F)c2)c[nH]c1=O. The van der Waals surface area contributed by atoms with Gasteiger partial charge in [-0.05, 0) is 53.9 Å². The lowest BCUT2D eigenvalue weighted by Crippen LogP contribution is -2.16. The molecule has 4 aromatic rings. The van der Waals surface area contributed by atoms with E-state index in [4.69, 9.17) is 4.74 Å². The van der Waals surface area contributed by atoms with Gasteiger partial charge in [0, 0.05) is 29.2 Å². The summed E-state index contributed by atoms with van der Waals surface area (Å²) in [7, 11) is 0. The second-order valence-corrected chi connectivity index (χ2v) is 7.83. The molecular formula is C25H20F4N4O3. The van der Waals surface area contributed by atoms with Crippen LogP contribution in [0.1, 0.15) is 18.1 Å². The summed E-state index contributed by atoms with van der Waals surface area (Å²) < 4.78 is 60.2. The molecule has 2 aromatic heterocycles. The molecule has 0 fully saturated rings. The van der Waals surface area contributed by atoms with E-state index in [-0.39, 0.29) is 29.2 Å². The van der Waals surface area contributed by atoms with Crippen LogP contribution in [0.25, 0.3) is 22.3 Å². The van der Waals surface area contributed by atoms with E-state index in [2.05, 4.69) is 20.5 Å². The molecule has 3 N–H and O–H groups in total. The summed E-state index contributed by atoms with van der Waals surface area (Å²) in [6.07, 6.45) is -0.836. The van der Waals surface area contributed by atoms with Crippen molar-refractivity contribution in [2.45, 2.75) is 19.5 Å². The third kappa shape index (κ3) is 5.62. The second kappa shape index (κ2) is 10.1. The van der Waals surface area contributed by atoms with Gasteiger partial charge in [-0.3, -0.25) is 14.7 Å². The maximum absolute atomic E-state index is 14.8. The van der Waals surface area contributed by atoms with Crippen molar-refractivity contribution in [1.82, 2.24) is 15.2 Å². The number of aromatic nitrogens is 3. The van der Waals surface area contributed by atoms with E-state index in [9.17, 15) is 27.2 Å². The Bertz CT molecular complexity index is 1450. The summed E-state index contributed by atoms with van der Waals surface area (Å²) in [4.78, 5) is 26.9. The highest BCUT2D eigenvalue weighted by Gasteiger charge is 2.31. The number of carbonyl (C=O) groups excluding carboxylic acids is 1. The zero-order valence-electron chi connectivity index (χ0n) is 18.9. The van der Waals surface area contributed by atoms with Gasteiger partial charge in [-0.2, -0.15) is 18.3 Å². The van der Waals surface area contributed by atoms with Crippen LogP contribution in [0.3, 0.4) is 0 Å². The largest absolute Gasteiger partial charge is 0.488 e. The van der Waals surface area contributed by atoms with Crippen molar-refractivity contribution >= 4 is 11.6 Å². The molecule has 0 aliphatic heterocycles. The Labute approximate surface area is 202 Å². The van der Waals surface area contributed by atoms with Crippen LogP contribution in [-0.2, 0) is 17.4 Å². The van der Waals surface area contributed by atoms with Crippen LogP contribution in [-0.4, -0.2) is 27.7 Å². The monoisotopic (exact) mass is 500 g/mol. The molecule has 11 heteroatoms. The van der Waals surface area contributed by atoms with E-state index in [1.165, 1.54) is 42.9 Å². The first kappa shape index (κ1) is 24.7. The number of benzene rings is 2. The summed E-state index contributed by atoms with van der Waals surface area (Å²) >= 11 is 0. The summed E-state index contributed by atoms with van der Waals surface area (Å²) in [5.74, 6) is -1.29. The van der Waals surface area contributed by atoms with Crippen LogP contribution in [0.15, 0.2) is 65.8 Å². The summed E-state index contributed by atoms with van der Waals surface area (Å²) in [6.45, 7) is 2.01. The molecule has 0 unspecified atom stereocenters. The Morgan fingerprint density at radius 3 is 2.50 bits per heavy atom. The Hall–Kier alpha value is -4.41. The van der Waals surface area contributed by atoms with Gasteiger partial charge in [-0.1, -0.05) is 12.1 Å². The normalized spacial score (nSPS) is 11.4. The average Bonchev–Trinajstić information content (AvgIpc) is 3.36. The van der Waals surface area contributed by atoms with Crippen molar-refractivity contribution in [3.8, 4) is 28.0 Å². The van der Waals surface area contributed by atoms with Gasteiger partial charge in [0.1, 0.15) is 5.82 Å². The molecule has 2 aromatic carbocycles. The van der Waals surface area contributed by atoms with Crippen molar-refractivity contribution in [3.05, 3.63) is 88.4 Å². The fraction of sp³-hybridized carbons (Fsp3) is 0.160. The maximum Gasteiger partial charge on any atom is 0.416 e. The summed E-state index contributed by atoms with van der Waals surface area (Å²) in [5.41, 5.74) is 0.164. The fourth-order valence-electron chi connectivity index (χ4n) is 3.58. The molecule has 36 heavy (non-hydrogen) atoms. The van der Waals surface area contributed by atoms with Crippen LogP contribution >= 0.6 is 0 Å². The number of alkyl halides is 3. The number of pyridine rings is 1. The number of anilines is 1. The highest BCUT2D eigenvalue weighted by atomic mass is 19.4. The molecule has 186 valence electrons. The van der Waals surface area contributed by atoms with Crippen LogP contribution < -0.4 is 15.6 Å². The van der Waals surface area contributed by atoms with Crippen LogP contribution in [0.2, 0.25) is 0 Å². The number of ether oxygens (including phenoxy) is 1. The maximum atomic E-state index is 14.8. The molecule has 7 nitrogen and oxygen atoms in total. The number of aromatic amines is 2. The third-order valence-electron chi connectivity index (χ3n) is 5.28.